The molecule has 144 valence electrons. The minimum Gasteiger partial charge on any atom is -0.432 e. The SMILES string of the molecule is Cc1ccc(C(=O)CCc2ccccc2)cc1N(c1ccncc1)c1ncco1. The van der Waals surface area contributed by atoms with Crippen molar-refractivity contribution in [2.45, 2.75) is 19.8 Å². The molecule has 0 N–H and O–H groups in total. The molecular formula is C24H21N3O2. The molecule has 0 aliphatic carbocycles. The number of pyridine rings is 1. The molecule has 0 spiro atoms. The van der Waals surface area contributed by atoms with Gasteiger partial charge in [-0.1, -0.05) is 42.5 Å². The molecule has 0 radical (unpaired) electrons. The summed E-state index contributed by atoms with van der Waals surface area (Å²) in [5, 5.41) is 0. The minimum absolute atomic E-state index is 0.109. The van der Waals surface area contributed by atoms with Crippen molar-refractivity contribution in [1.29, 1.82) is 0 Å². The highest BCUT2D eigenvalue weighted by Gasteiger charge is 2.20. The van der Waals surface area contributed by atoms with E-state index in [0.717, 1.165) is 28.9 Å². The first kappa shape index (κ1) is 18.6. The van der Waals surface area contributed by atoms with Gasteiger partial charge in [-0.25, -0.2) is 4.98 Å². The highest BCUT2D eigenvalue weighted by molar-refractivity contribution is 5.97. The molecule has 0 atom stereocenters. The molecule has 0 aliphatic heterocycles. The summed E-state index contributed by atoms with van der Waals surface area (Å²) in [4.78, 5) is 23.2. The van der Waals surface area contributed by atoms with E-state index in [9.17, 15) is 4.79 Å². The lowest BCUT2D eigenvalue weighted by molar-refractivity contribution is 0.0983. The third-order valence-corrected chi connectivity index (χ3v) is 4.79. The molecule has 29 heavy (non-hydrogen) atoms. The average molecular weight is 383 g/mol. The maximum absolute atomic E-state index is 12.9. The Balaban J connectivity index is 1.65. The van der Waals surface area contributed by atoms with E-state index in [1.54, 1.807) is 18.6 Å². The van der Waals surface area contributed by atoms with Gasteiger partial charge in [0.25, 0.3) is 0 Å². The Morgan fingerprint density at radius 2 is 1.79 bits per heavy atom. The number of aromatic nitrogens is 2. The third kappa shape index (κ3) is 4.24. The molecule has 0 bridgehead atoms. The highest BCUT2D eigenvalue weighted by atomic mass is 16.4. The van der Waals surface area contributed by atoms with Gasteiger partial charge in [0.15, 0.2) is 5.78 Å². The van der Waals surface area contributed by atoms with Crippen LogP contribution >= 0.6 is 0 Å². The Hall–Kier alpha value is -3.73. The number of hydrogen-bond donors (Lipinski definition) is 0. The normalized spacial score (nSPS) is 10.7. The standard InChI is InChI=1S/C24H21N3O2/c1-18-7-9-20(23(28)10-8-19-5-3-2-4-6-19)17-22(18)27(24-26-15-16-29-24)21-11-13-25-14-12-21/h2-7,9,11-17H,8,10H2,1H3. The van der Waals surface area contributed by atoms with Gasteiger partial charge in [-0.2, -0.15) is 0 Å². The number of carbonyl (C=O) groups excluding carboxylic acids is 1. The van der Waals surface area contributed by atoms with Gasteiger partial charge in [-0.15, -0.1) is 0 Å². The molecule has 4 rings (SSSR count). The number of Topliss-reactive ketones (excluding diaryl/α,β-unsaturated/α-hetero) is 1. The van der Waals surface area contributed by atoms with E-state index >= 15 is 0 Å². The first-order chi connectivity index (χ1) is 14.2. The number of rotatable bonds is 7. The van der Waals surface area contributed by atoms with Crippen LogP contribution in [0, 0.1) is 6.92 Å². The van der Waals surface area contributed by atoms with Crippen LogP contribution in [0.3, 0.4) is 0 Å². The van der Waals surface area contributed by atoms with Crippen LogP contribution in [-0.4, -0.2) is 15.8 Å². The summed E-state index contributed by atoms with van der Waals surface area (Å²) >= 11 is 0. The zero-order valence-corrected chi connectivity index (χ0v) is 16.2. The number of aryl methyl sites for hydroxylation is 2. The van der Waals surface area contributed by atoms with E-state index in [4.69, 9.17) is 4.42 Å². The zero-order valence-electron chi connectivity index (χ0n) is 16.2. The number of anilines is 3. The Bertz CT molecular complexity index is 1080. The Kier molecular flexibility index (Phi) is 5.47. The third-order valence-electron chi connectivity index (χ3n) is 4.79. The topological polar surface area (TPSA) is 59.2 Å². The first-order valence-electron chi connectivity index (χ1n) is 9.50. The second-order valence-corrected chi connectivity index (χ2v) is 6.77. The fourth-order valence-electron chi connectivity index (χ4n) is 3.24. The van der Waals surface area contributed by atoms with E-state index in [1.807, 2.05) is 72.5 Å². The van der Waals surface area contributed by atoms with E-state index in [-0.39, 0.29) is 5.78 Å². The lowest BCUT2D eigenvalue weighted by atomic mass is 10.0. The summed E-state index contributed by atoms with van der Waals surface area (Å²) in [5.74, 6) is 0.109. The van der Waals surface area contributed by atoms with Crippen LogP contribution in [0.5, 0.6) is 0 Å². The average Bonchev–Trinajstić information content (AvgIpc) is 3.29. The fourth-order valence-corrected chi connectivity index (χ4v) is 3.24. The summed E-state index contributed by atoms with van der Waals surface area (Å²) in [6.45, 7) is 2.00. The van der Waals surface area contributed by atoms with E-state index in [0.29, 0.717) is 18.0 Å². The van der Waals surface area contributed by atoms with Crippen molar-refractivity contribution in [3.05, 3.63) is 102 Å². The number of oxazole rings is 1. The molecule has 0 fully saturated rings. The van der Waals surface area contributed by atoms with Crippen molar-refractivity contribution in [1.82, 2.24) is 9.97 Å². The fraction of sp³-hybridized carbons (Fsp3) is 0.125. The van der Waals surface area contributed by atoms with Gasteiger partial charge in [-0.3, -0.25) is 14.7 Å². The van der Waals surface area contributed by atoms with E-state index in [1.165, 1.54) is 6.26 Å². The first-order valence-corrected chi connectivity index (χ1v) is 9.50. The predicted molar refractivity (Wildman–Crippen MR) is 113 cm³/mol. The van der Waals surface area contributed by atoms with Crippen molar-refractivity contribution >= 4 is 23.2 Å². The summed E-state index contributed by atoms with van der Waals surface area (Å²) in [6.07, 6.45) is 7.75. The molecule has 5 heteroatoms. The lowest BCUT2D eigenvalue weighted by Gasteiger charge is -2.23. The van der Waals surface area contributed by atoms with E-state index < -0.39 is 0 Å². The lowest BCUT2D eigenvalue weighted by Crippen LogP contribution is -2.13. The number of nitrogens with zero attached hydrogens (tertiary/aromatic N) is 3. The van der Waals surface area contributed by atoms with Gasteiger partial charge in [0.1, 0.15) is 6.26 Å². The molecule has 2 heterocycles. The van der Waals surface area contributed by atoms with Crippen LogP contribution < -0.4 is 4.90 Å². The second-order valence-electron chi connectivity index (χ2n) is 6.77. The number of benzene rings is 2. The number of hydrogen-bond acceptors (Lipinski definition) is 5. The van der Waals surface area contributed by atoms with Crippen LogP contribution in [0.25, 0.3) is 0 Å². The molecule has 0 aliphatic rings. The predicted octanol–water partition coefficient (Wildman–Crippen LogP) is 5.66. The molecule has 0 saturated heterocycles. The Morgan fingerprint density at radius 1 is 1.00 bits per heavy atom. The van der Waals surface area contributed by atoms with Gasteiger partial charge in [-0.05, 0) is 42.7 Å². The molecule has 4 aromatic rings. The highest BCUT2D eigenvalue weighted by Crippen LogP contribution is 2.35. The largest absolute Gasteiger partial charge is 0.432 e. The van der Waals surface area contributed by atoms with Crippen LogP contribution in [0.15, 0.2) is 89.9 Å². The Morgan fingerprint density at radius 3 is 2.52 bits per heavy atom. The van der Waals surface area contributed by atoms with Gasteiger partial charge < -0.3 is 4.42 Å². The summed E-state index contributed by atoms with van der Waals surface area (Å²) < 4.78 is 5.57. The smallest absolute Gasteiger partial charge is 0.306 e. The minimum atomic E-state index is 0.109. The van der Waals surface area contributed by atoms with Crippen LogP contribution in [-0.2, 0) is 6.42 Å². The molecule has 2 aromatic carbocycles. The van der Waals surface area contributed by atoms with Gasteiger partial charge in [0.05, 0.1) is 17.6 Å². The van der Waals surface area contributed by atoms with Crippen molar-refractivity contribution in [2.24, 2.45) is 0 Å². The zero-order chi connectivity index (χ0) is 20.1. The Labute approximate surface area is 169 Å². The molecule has 2 aromatic heterocycles. The quantitative estimate of drug-likeness (QED) is 0.385. The monoisotopic (exact) mass is 383 g/mol. The molecule has 0 unspecified atom stereocenters. The maximum atomic E-state index is 12.9. The van der Waals surface area contributed by atoms with Crippen molar-refractivity contribution < 1.29 is 9.21 Å². The van der Waals surface area contributed by atoms with Crippen LogP contribution in [0.4, 0.5) is 17.4 Å². The molecule has 0 saturated carbocycles. The molecule has 0 amide bonds. The molecular weight excluding hydrogens is 362 g/mol. The van der Waals surface area contributed by atoms with Gasteiger partial charge in [0, 0.05) is 24.4 Å². The summed E-state index contributed by atoms with van der Waals surface area (Å²) in [6, 6.07) is 20.0. The number of carbonyl (C=O) groups is 1. The van der Waals surface area contributed by atoms with Gasteiger partial charge in [0.2, 0.25) is 0 Å². The second kappa shape index (κ2) is 8.52. The van der Waals surface area contributed by atoms with Crippen molar-refractivity contribution in [2.75, 3.05) is 4.90 Å². The van der Waals surface area contributed by atoms with Gasteiger partial charge >= 0.3 is 6.01 Å². The van der Waals surface area contributed by atoms with Crippen LogP contribution in [0.2, 0.25) is 0 Å². The molecule has 5 nitrogen and oxygen atoms in total. The number of ketones is 1. The summed E-state index contributed by atoms with van der Waals surface area (Å²) in [5.41, 5.74) is 4.56. The van der Waals surface area contributed by atoms with Crippen molar-refractivity contribution in [3.63, 3.8) is 0 Å². The van der Waals surface area contributed by atoms with Crippen LogP contribution in [0.1, 0.15) is 27.9 Å². The maximum Gasteiger partial charge on any atom is 0.306 e. The van der Waals surface area contributed by atoms with E-state index in [2.05, 4.69) is 9.97 Å². The van der Waals surface area contributed by atoms with Crippen molar-refractivity contribution in [3.8, 4) is 0 Å². The summed E-state index contributed by atoms with van der Waals surface area (Å²) in [7, 11) is 0.